The molecule has 0 atom stereocenters. The molecule has 0 spiro atoms. The topological polar surface area (TPSA) is 44.9 Å². The number of aryl methyl sites for hydroxylation is 2. The van der Waals surface area contributed by atoms with Gasteiger partial charge in [-0.3, -0.25) is 4.79 Å². The van der Waals surface area contributed by atoms with E-state index in [2.05, 4.69) is 49.3 Å². The maximum absolute atomic E-state index is 12.4. The van der Waals surface area contributed by atoms with Gasteiger partial charge in [-0.15, -0.1) is 0 Å². The molecule has 0 fully saturated rings. The van der Waals surface area contributed by atoms with Crippen molar-refractivity contribution >= 4 is 16.8 Å². The highest BCUT2D eigenvalue weighted by atomic mass is 16.1. The molecule has 1 aromatic heterocycles. The summed E-state index contributed by atoms with van der Waals surface area (Å²) in [6, 6.07) is 16.4. The second kappa shape index (κ2) is 6.75. The summed E-state index contributed by atoms with van der Waals surface area (Å²) in [7, 11) is 0. The van der Waals surface area contributed by atoms with E-state index in [1.54, 1.807) is 0 Å². The van der Waals surface area contributed by atoms with E-state index < -0.39 is 0 Å². The number of hydrogen-bond donors (Lipinski definition) is 2. The van der Waals surface area contributed by atoms with Gasteiger partial charge in [-0.1, -0.05) is 56.3 Å². The van der Waals surface area contributed by atoms with Gasteiger partial charge >= 0.3 is 0 Å². The maximum atomic E-state index is 12.4. The molecule has 1 heterocycles. The third-order valence-corrected chi connectivity index (χ3v) is 4.91. The number of hydrogen-bond acceptors (Lipinski definition) is 1. The molecule has 2 aromatic carbocycles. The molecule has 0 aliphatic carbocycles. The van der Waals surface area contributed by atoms with Crippen molar-refractivity contribution in [3.8, 4) is 0 Å². The van der Waals surface area contributed by atoms with Crippen LogP contribution < -0.4 is 5.32 Å². The Morgan fingerprint density at radius 1 is 1.04 bits per heavy atom. The number of aromatic nitrogens is 1. The highest BCUT2D eigenvalue weighted by molar-refractivity contribution is 5.86. The van der Waals surface area contributed by atoms with E-state index in [1.165, 1.54) is 16.6 Å². The lowest BCUT2D eigenvalue weighted by Crippen LogP contribution is -2.37. The average molecular weight is 334 g/mol. The molecule has 3 heteroatoms. The summed E-state index contributed by atoms with van der Waals surface area (Å²) in [6.45, 7) is 9.13. The largest absolute Gasteiger partial charge is 0.358 e. The van der Waals surface area contributed by atoms with E-state index in [9.17, 15) is 4.79 Å². The van der Waals surface area contributed by atoms with Crippen LogP contribution in [-0.4, -0.2) is 17.4 Å². The molecular formula is C22H26N2O. The third kappa shape index (κ3) is 3.60. The summed E-state index contributed by atoms with van der Waals surface area (Å²) < 4.78 is 0. The van der Waals surface area contributed by atoms with Gasteiger partial charge in [0.1, 0.15) is 0 Å². The van der Waals surface area contributed by atoms with Gasteiger partial charge in [0, 0.05) is 28.6 Å². The predicted octanol–water partition coefficient (Wildman–Crippen LogP) is 4.42. The lowest BCUT2D eigenvalue weighted by molar-refractivity contribution is -0.120. The summed E-state index contributed by atoms with van der Waals surface area (Å²) in [5, 5.41) is 4.36. The van der Waals surface area contributed by atoms with Crippen LogP contribution in [0.15, 0.2) is 48.5 Å². The van der Waals surface area contributed by atoms with Gasteiger partial charge in [-0.2, -0.15) is 0 Å². The Hall–Kier alpha value is -2.55. The van der Waals surface area contributed by atoms with Gasteiger partial charge in [-0.05, 0) is 36.6 Å². The second-order valence-electron chi connectivity index (χ2n) is 7.43. The van der Waals surface area contributed by atoms with Gasteiger partial charge in [0.2, 0.25) is 5.91 Å². The molecule has 0 bridgehead atoms. The van der Waals surface area contributed by atoms with Crippen molar-refractivity contribution < 1.29 is 4.79 Å². The van der Waals surface area contributed by atoms with E-state index in [1.807, 2.05) is 37.3 Å². The van der Waals surface area contributed by atoms with Crippen LogP contribution in [0.4, 0.5) is 0 Å². The summed E-state index contributed by atoms with van der Waals surface area (Å²) in [6.07, 6.45) is 0.426. The highest BCUT2D eigenvalue weighted by Gasteiger charge is 2.27. The summed E-state index contributed by atoms with van der Waals surface area (Å²) in [5.41, 5.74) is 5.68. The SMILES string of the molecule is Cc1ccccc1CC(=O)NCC(C)(C)c1c(C)[nH]c2ccccc12. The van der Waals surface area contributed by atoms with Crippen LogP contribution in [0.2, 0.25) is 0 Å². The van der Waals surface area contributed by atoms with Crippen molar-refractivity contribution in [1.29, 1.82) is 0 Å². The van der Waals surface area contributed by atoms with Crippen LogP contribution in [0.1, 0.15) is 36.2 Å². The molecule has 0 radical (unpaired) electrons. The zero-order valence-electron chi connectivity index (χ0n) is 15.4. The van der Waals surface area contributed by atoms with Crippen molar-refractivity contribution in [1.82, 2.24) is 10.3 Å². The number of fused-ring (bicyclic) bond motifs is 1. The molecule has 3 aromatic rings. The first-order chi connectivity index (χ1) is 11.9. The third-order valence-electron chi connectivity index (χ3n) is 4.91. The number of carbonyl (C=O) groups excluding carboxylic acids is 1. The quantitative estimate of drug-likeness (QED) is 0.713. The number of H-pyrrole nitrogens is 1. The number of carbonyl (C=O) groups is 1. The van der Waals surface area contributed by atoms with Gasteiger partial charge in [0.15, 0.2) is 0 Å². The molecule has 0 saturated heterocycles. The minimum Gasteiger partial charge on any atom is -0.358 e. The first kappa shape index (κ1) is 17.3. The lowest BCUT2D eigenvalue weighted by Gasteiger charge is -2.26. The second-order valence-corrected chi connectivity index (χ2v) is 7.43. The summed E-state index contributed by atoms with van der Waals surface area (Å²) in [4.78, 5) is 15.9. The Balaban J connectivity index is 1.74. The fourth-order valence-corrected chi connectivity index (χ4v) is 3.60. The first-order valence-corrected chi connectivity index (χ1v) is 8.77. The van der Waals surface area contributed by atoms with Crippen LogP contribution in [-0.2, 0) is 16.6 Å². The number of amides is 1. The number of benzene rings is 2. The van der Waals surface area contributed by atoms with E-state index in [-0.39, 0.29) is 11.3 Å². The Kier molecular flexibility index (Phi) is 4.67. The molecule has 0 aliphatic heterocycles. The van der Waals surface area contributed by atoms with Gasteiger partial charge < -0.3 is 10.3 Å². The first-order valence-electron chi connectivity index (χ1n) is 8.77. The Morgan fingerprint density at radius 3 is 2.48 bits per heavy atom. The maximum Gasteiger partial charge on any atom is 0.224 e. The molecule has 0 saturated carbocycles. The standard InChI is InChI=1S/C22H26N2O/c1-15-9-5-6-10-17(15)13-20(25)23-14-22(3,4)21-16(2)24-19-12-8-7-11-18(19)21/h5-12,24H,13-14H2,1-4H3,(H,23,25). The van der Waals surface area contributed by atoms with Crippen molar-refractivity contribution in [3.05, 3.63) is 70.9 Å². The van der Waals surface area contributed by atoms with Gasteiger partial charge in [0.25, 0.3) is 0 Å². The normalized spacial score (nSPS) is 11.7. The van der Waals surface area contributed by atoms with Gasteiger partial charge in [0.05, 0.1) is 6.42 Å². The van der Waals surface area contributed by atoms with Crippen LogP contribution in [0.25, 0.3) is 10.9 Å². The number of nitrogens with one attached hydrogen (secondary N) is 2. The minimum atomic E-state index is -0.148. The fourth-order valence-electron chi connectivity index (χ4n) is 3.60. The molecule has 130 valence electrons. The number of para-hydroxylation sites is 1. The zero-order chi connectivity index (χ0) is 18.0. The van der Waals surface area contributed by atoms with E-state index >= 15 is 0 Å². The van der Waals surface area contributed by atoms with Crippen molar-refractivity contribution in [2.75, 3.05) is 6.54 Å². The van der Waals surface area contributed by atoms with E-state index in [0.717, 1.165) is 16.6 Å². The Labute approximate surface area is 149 Å². The lowest BCUT2D eigenvalue weighted by atomic mass is 9.82. The van der Waals surface area contributed by atoms with Crippen LogP contribution in [0.3, 0.4) is 0 Å². The Bertz CT molecular complexity index is 905. The molecule has 2 N–H and O–H groups in total. The van der Waals surface area contributed by atoms with Gasteiger partial charge in [-0.25, -0.2) is 0 Å². The average Bonchev–Trinajstić information content (AvgIpc) is 2.92. The smallest absolute Gasteiger partial charge is 0.224 e. The van der Waals surface area contributed by atoms with Crippen molar-refractivity contribution in [2.45, 2.75) is 39.5 Å². The molecule has 1 amide bonds. The molecular weight excluding hydrogens is 308 g/mol. The molecule has 3 nitrogen and oxygen atoms in total. The molecule has 25 heavy (non-hydrogen) atoms. The monoisotopic (exact) mass is 334 g/mol. The Morgan fingerprint density at radius 2 is 1.72 bits per heavy atom. The zero-order valence-corrected chi connectivity index (χ0v) is 15.4. The summed E-state index contributed by atoms with van der Waals surface area (Å²) in [5.74, 6) is 0.0693. The van der Waals surface area contributed by atoms with Crippen molar-refractivity contribution in [2.24, 2.45) is 0 Å². The van der Waals surface area contributed by atoms with E-state index in [4.69, 9.17) is 0 Å². The van der Waals surface area contributed by atoms with Crippen molar-refractivity contribution in [3.63, 3.8) is 0 Å². The summed E-state index contributed by atoms with van der Waals surface area (Å²) >= 11 is 0. The number of aromatic amines is 1. The molecule has 3 rings (SSSR count). The predicted molar refractivity (Wildman–Crippen MR) is 104 cm³/mol. The van der Waals surface area contributed by atoms with Crippen LogP contribution in [0.5, 0.6) is 0 Å². The molecule has 0 aliphatic rings. The highest BCUT2D eigenvalue weighted by Crippen LogP contribution is 2.33. The minimum absolute atomic E-state index is 0.0693. The molecule has 0 unspecified atom stereocenters. The fraction of sp³-hybridized carbons (Fsp3) is 0.318. The van der Waals surface area contributed by atoms with Crippen LogP contribution >= 0.6 is 0 Å². The van der Waals surface area contributed by atoms with Crippen LogP contribution in [0, 0.1) is 13.8 Å². The number of rotatable bonds is 5. The van der Waals surface area contributed by atoms with E-state index in [0.29, 0.717) is 13.0 Å².